The van der Waals surface area contributed by atoms with Gasteiger partial charge in [-0.05, 0) is 34.9 Å². The smallest absolute Gasteiger partial charge is 0.0688 e. The van der Waals surface area contributed by atoms with Gasteiger partial charge in [0.2, 0.25) is 0 Å². The van der Waals surface area contributed by atoms with Crippen LogP contribution in [0.2, 0.25) is 0 Å². The Labute approximate surface area is 75.8 Å². The van der Waals surface area contributed by atoms with Crippen molar-refractivity contribution in [1.82, 2.24) is 10.2 Å². The molecule has 0 spiro atoms. The Bertz CT molecular complexity index is 122. The lowest BCUT2D eigenvalue weighted by molar-refractivity contribution is 0.0956. The molecule has 12 heavy (non-hydrogen) atoms. The summed E-state index contributed by atoms with van der Waals surface area (Å²) in [5.74, 6) is 0. The van der Waals surface area contributed by atoms with Crippen molar-refractivity contribution in [3.63, 3.8) is 0 Å². The first-order chi connectivity index (χ1) is 5.36. The highest BCUT2D eigenvalue weighted by Gasteiger charge is 2.22. The first-order valence-corrected chi connectivity index (χ1v) is 4.44. The third-order valence-corrected chi connectivity index (χ3v) is 2.18. The molecule has 0 radical (unpaired) electrons. The number of aliphatic hydroxyl groups excluding tert-OH is 1. The summed E-state index contributed by atoms with van der Waals surface area (Å²) in [7, 11) is 4.08. The molecule has 3 heteroatoms. The number of nitrogens with one attached hydrogen (secondary N) is 1. The molecular formula is C9H22N2O. The van der Waals surface area contributed by atoms with Gasteiger partial charge < -0.3 is 15.3 Å². The monoisotopic (exact) mass is 174 g/mol. The Balaban J connectivity index is 3.61. The van der Waals surface area contributed by atoms with Gasteiger partial charge in [-0.15, -0.1) is 0 Å². The fourth-order valence-corrected chi connectivity index (χ4v) is 0.749. The fourth-order valence-electron chi connectivity index (χ4n) is 0.749. The lowest BCUT2D eigenvalue weighted by Crippen LogP contribution is -2.50. The number of hydrogen-bond donors (Lipinski definition) is 2. The van der Waals surface area contributed by atoms with E-state index >= 15 is 0 Å². The SMILES string of the molecule is CC(O)C(C)(C)NCCN(C)C. The zero-order valence-electron chi connectivity index (χ0n) is 8.89. The Morgan fingerprint density at radius 3 is 2.25 bits per heavy atom. The lowest BCUT2D eigenvalue weighted by Gasteiger charge is -2.30. The van der Waals surface area contributed by atoms with Gasteiger partial charge in [0.05, 0.1) is 6.10 Å². The maximum absolute atomic E-state index is 9.37. The molecule has 0 aromatic carbocycles. The fraction of sp³-hybridized carbons (Fsp3) is 1.00. The Kier molecular flexibility index (Phi) is 4.75. The highest BCUT2D eigenvalue weighted by atomic mass is 16.3. The summed E-state index contributed by atoms with van der Waals surface area (Å²) in [5, 5.41) is 12.7. The maximum Gasteiger partial charge on any atom is 0.0688 e. The topological polar surface area (TPSA) is 35.5 Å². The summed E-state index contributed by atoms with van der Waals surface area (Å²) < 4.78 is 0. The average molecular weight is 174 g/mol. The van der Waals surface area contributed by atoms with Gasteiger partial charge in [-0.2, -0.15) is 0 Å². The molecule has 0 amide bonds. The van der Waals surface area contributed by atoms with Crippen LogP contribution < -0.4 is 5.32 Å². The van der Waals surface area contributed by atoms with Gasteiger partial charge in [0.15, 0.2) is 0 Å². The second-order valence-corrected chi connectivity index (χ2v) is 4.13. The van der Waals surface area contributed by atoms with E-state index < -0.39 is 0 Å². The van der Waals surface area contributed by atoms with Crippen LogP contribution in [0.4, 0.5) is 0 Å². The summed E-state index contributed by atoms with van der Waals surface area (Å²) in [4.78, 5) is 2.12. The van der Waals surface area contributed by atoms with Crippen LogP contribution in [0.15, 0.2) is 0 Å². The van der Waals surface area contributed by atoms with Crippen molar-refractivity contribution in [2.24, 2.45) is 0 Å². The number of rotatable bonds is 5. The number of hydrogen-bond acceptors (Lipinski definition) is 3. The summed E-state index contributed by atoms with van der Waals surface area (Å²) >= 11 is 0. The molecule has 0 aliphatic rings. The second-order valence-electron chi connectivity index (χ2n) is 4.13. The van der Waals surface area contributed by atoms with E-state index in [1.165, 1.54) is 0 Å². The molecule has 0 heterocycles. The predicted octanol–water partition coefficient (Wildman–Crippen LogP) is 0.297. The zero-order valence-corrected chi connectivity index (χ0v) is 8.89. The number of likely N-dealkylation sites (N-methyl/N-ethyl adjacent to an activating group) is 1. The van der Waals surface area contributed by atoms with Crippen molar-refractivity contribution < 1.29 is 5.11 Å². The molecule has 1 atom stereocenters. The Hall–Kier alpha value is -0.120. The van der Waals surface area contributed by atoms with Gasteiger partial charge in [-0.3, -0.25) is 0 Å². The average Bonchev–Trinajstić information content (AvgIpc) is 1.85. The minimum absolute atomic E-state index is 0.185. The minimum atomic E-state index is -0.320. The van der Waals surface area contributed by atoms with Crippen molar-refractivity contribution in [2.45, 2.75) is 32.4 Å². The molecule has 0 aliphatic heterocycles. The summed E-state index contributed by atoms with van der Waals surface area (Å²) in [6.07, 6.45) is -0.320. The van der Waals surface area contributed by atoms with Crippen LogP contribution in [0, 0.1) is 0 Å². The van der Waals surface area contributed by atoms with Gasteiger partial charge in [-0.25, -0.2) is 0 Å². The maximum atomic E-state index is 9.37. The van der Waals surface area contributed by atoms with Crippen LogP contribution in [0.5, 0.6) is 0 Å². The molecule has 0 aromatic heterocycles. The third-order valence-electron chi connectivity index (χ3n) is 2.18. The number of nitrogens with zero attached hydrogens (tertiary/aromatic N) is 1. The Morgan fingerprint density at radius 1 is 1.42 bits per heavy atom. The van der Waals surface area contributed by atoms with Crippen LogP contribution in [0.1, 0.15) is 20.8 Å². The first kappa shape index (κ1) is 11.9. The number of aliphatic hydroxyl groups is 1. The van der Waals surface area contributed by atoms with Crippen molar-refractivity contribution in [2.75, 3.05) is 27.2 Å². The van der Waals surface area contributed by atoms with E-state index in [4.69, 9.17) is 0 Å². The van der Waals surface area contributed by atoms with E-state index in [2.05, 4.69) is 10.2 Å². The molecule has 1 unspecified atom stereocenters. The Morgan fingerprint density at radius 2 is 1.92 bits per heavy atom. The third kappa shape index (κ3) is 4.70. The van der Waals surface area contributed by atoms with E-state index in [1.54, 1.807) is 0 Å². The van der Waals surface area contributed by atoms with Crippen LogP contribution >= 0.6 is 0 Å². The molecule has 3 nitrogen and oxygen atoms in total. The molecule has 0 aromatic rings. The lowest BCUT2D eigenvalue weighted by atomic mass is 9.99. The van der Waals surface area contributed by atoms with E-state index in [9.17, 15) is 5.11 Å². The molecule has 0 saturated heterocycles. The first-order valence-electron chi connectivity index (χ1n) is 4.44. The molecule has 0 aliphatic carbocycles. The van der Waals surface area contributed by atoms with E-state index in [1.807, 2.05) is 34.9 Å². The van der Waals surface area contributed by atoms with Gasteiger partial charge in [0, 0.05) is 18.6 Å². The molecule has 0 fully saturated rings. The van der Waals surface area contributed by atoms with E-state index in [0.29, 0.717) is 0 Å². The molecule has 0 rings (SSSR count). The van der Waals surface area contributed by atoms with Crippen molar-refractivity contribution in [1.29, 1.82) is 0 Å². The standard InChI is InChI=1S/C9H22N2O/c1-8(12)9(2,3)10-6-7-11(4)5/h8,10,12H,6-7H2,1-5H3. The molecule has 2 N–H and O–H groups in total. The quantitative estimate of drug-likeness (QED) is 0.629. The largest absolute Gasteiger partial charge is 0.392 e. The van der Waals surface area contributed by atoms with Crippen LogP contribution in [0.25, 0.3) is 0 Å². The highest BCUT2D eigenvalue weighted by Crippen LogP contribution is 2.07. The zero-order chi connectivity index (χ0) is 9.78. The van der Waals surface area contributed by atoms with Crippen molar-refractivity contribution in [3.8, 4) is 0 Å². The van der Waals surface area contributed by atoms with Gasteiger partial charge >= 0.3 is 0 Å². The van der Waals surface area contributed by atoms with E-state index in [-0.39, 0.29) is 11.6 Å². The van der Waals surface area contributed by atoms with Crippen LogP contribution in [-0.2, 0) is 0 Å². The highest BCUT2D eigenvalue weighted by molar-refractivity contribution is 4.82. The van der Waals surface area contributed by atoms with Crippen LogP contribution in [-0.4, -0.2) is 48.8 Å². The van der Waals surface area contributed by atoms with E-state index in [0.717, 1.165) is 13.1 Å². The minimum Gasteiger partial charge on any atom is -0.392 e. The summed E-state index contributed by atoms with van der Waals surface area (Å²) in [6.45, 7) is 7.73. The van der Waals surface area contributed by atoms with Gasteiger partial charge in [-0.1, -0.05) is 0 Å². The predicted molar refractivity (Wildman–Crippen MR) is 52.3 cm³/mol. The van der Waals surface area contributed by atoms with Crippen molar-refractivity contribution in [3.05, 3.63) is 0 Å². The van der Waals surface area contributed by atoms with Crippen LogP contribution in [0.3, 0.4) is 0 Å². The van der Waals surface area contributed by atoms with Gasteiger partial charge in [0.25, 0.3) is 0 Å². The van der Waals surface area contributed by atoms with Crippen molar-refractivity contribution >= 4 is 0 Å². The normalized spacial score (nSPS) is 15.2. The molecule has 0 saturated carbocycles. The molecular weight excluding hydrogens is 152 g/mol. The van der Waals surface area contributed by atoms with Gasteiger partial charge in [0.1, 0.15) is 0 Å². The summed E-state index contributed by atoms with van der Waals surface area (Å²) in [5.41, 5.74) is -0.185. The summed E-state index contributed by atoms with van der Waals surface area (Å²) in [6, 6.07) is 0. The molecule has 74 valence electrons. The molecule has 0 bridgehead atoms. The second kappa shape index (κ2) is 4.80.